The van der Waals surface area contributed by atoms with Gasteiger partial charge in [0.25, 0.3) is 5.91 Å². The number of hydrogen-bond donors (Lipinski definition) is 4. The number of methoxy groups -OCH3 is 1. The van der Waals surface area contributed by atoms with E-state index in [0.29, 0.717) is 12.5 Å². The zero-order valence-corrected chi connectivity index (χ0v) is 25.1. The maximum absolute atomic E-state index is 14.8. The van der Waals surface area contributed by atoms with Crippen LogP contribution in [-0.4, -0.2) is 89.0 Å². The molecular formula is C31H38F3N3O7. The van der Waals surface area contributed by atoms with Gasteiger partial charge in [0, 0.05) is 31.7 Å². The highest BCUT2D eigenvalue weighted by atomic mass is 19.4. The lowest BCUT2D eigenvalue weighted by Crippen LogP contribution is -2.66. The van der Waals surface area contributed by atoms with Crippen molar-refractivity contribution in [2.45, 2.75) is 62.9 Å². The molecule has 5 rings (SSSR count). The highest BCUT2D eigenvalue weighted by Gasteiger charge is 2.65. The molecule has 1 amide bonds. The van der Waals surface area contributed by atoms with Crippen LogP contribution < -0.4 is 5.73 Å². The third-order valence-corrected chi connectivity index (χ3v) is 9.86. The van der Waals surface area contributed by atoms with E-state index in [0.717, 1.165) is 38.9 Å². The monoisotopic (exact) mass is 621 g/mol. The fourth-order valence-electron chi connectivity index (χ4n) is 8.17. The standard InChI is InChI=1S/C31H38F3N3O7/c1-36(2)24-18-10-15-9-17-21(25(39)20(15)27(41)30(18,44-4)28(42)22(26(24)40)29(35)43)19(38)11-16(23(17)31(32,33)34)13-37(3)12-14-7-5-6-8-14/h11,14-15,18,24,38-39,42H,5-10,12-13H2,1-4H3,(H2,35,43)/t15-,18-,24-,30-/m0/s1. The molecule has 2 saturated carbocycles. The van der Waals surface area contributed by atoms with Gasteiger partial charge >= 0.3 is 6.18 Å². The number of hydrogen-bond acceptors (Lipinski definition) is 9. The van der Waals surface area contributed by atoms with E-state index < -0.39 is 81.1 Å². The first kappa shape index (κ1) is 32.0. The number of Topliss-reactive ketones (excluding diaryl/α,β-unsaturated/α-hetero) is 2. The van der Waals surface area contributed by atoms with Gasteiger partial charge < -0.3 is 30.7 Å². The summed E-state index contributed by atoms with van der Waals surface area (Å²) in [5, 5.41) is 33.7. The second kappa shape index (κ2) is 11.2. The summed E-state index contributed by atoms with van der Waals surface area (Å²) in [6.45, 7) is 0.515. The number of alkyl halides is 3. The number of nitrogens with two attached hydrogens (primary N) is 1. The maximum Gasteiger partial charge on any atom is 0.417 e. The number of likely N-dealkylation sites (N-methyl/N-ethyl adjacent to an activating group) is 1. The van der Waals surface area contributed by atoms with E-state index in [1.807, 2.05) is 0 Å². The number of benzene rings is 1. The Kier molecular flexibility index (Phi) is 8.13. The first-order valence-corrected chi connectivity index (χ1v) is 14.7. The van der Waals surface area contributed by atoms with Gasteiger partial charge in [-0.15, -0.1) is 0 Å². The molecule has 0 unspecified atom stereocenters. The van der Waals surface area contributed by atoms with Gasteiger partial charge in [0.2, 0.25) is 5.78 Å². The number of carbonyl (C=O) groups excluding carboxylic acids is 3. The summed E-state index contributed by atoms with van der Waals surface area (Å²) in [6, 6.07) is -0.218. The van der Waals surface area contributed by atoms with Gasteiger partial charge in [-0.2, -0.15) is 13.2 Å². The highest BCUT2D eigenvalue weighted by molar-refractivity contribution is 6.24. The second-order valence-corrected chi connectivity index (χ2v) is 12.8. The van der Waals surface area contributed by atoms with Crippen molar-refractivity contribution in [1.82, 2.24) is 9.80 Å². The van der Waals surface area contributed by atoms with Crippen molar-refractivity contribution in [3.8, 4) is 5.75 Å². The zero-order chi connectivity index (χ0) is 32.5. The van der Waals surface area contributed by atoms with Gasteiger partial charge in [-0.25, -0.2) is 0 Å². The molecule has 0 radical (unpaired) electrons. The number of amides is 1. The largest absolute Gasteiger partial charge is 0.508 e. The van der Waals surface area contributed by atoms with Crippen molar-refractivity contribution in [3.05, 3.63) is 45.2 Å². The zero-order valence-electron chi connectivity index (χ0n) is 25.1. The van der Waals surface area contributed by atoms with Crippen LogP contribution in [0, 0.1) is 17.8 Å². The number of phenolic OH excluding ortho intramolecular Hbond substituents is 1. The lowest BCUT2D eigenvalue weighted by Gasteiger charge is -2.52. The number of primary amides is 1. The summed E-state index contributed by atoms with van der Waals surface area (Å²) in [5.41, 5.74) is -0.0650. The van der Waals surface area contributed by atoms with E-state index in [2.05, 4.69) is 0 Å². The van der Waals surface area contributed by atoms with E-state index in [1.54, 1.807) is 11.9 Å². The Bertz CT molecular complexity index is 1480. The number of nitrogens with zero attached hydrogens (tertiary/aromatic N) is 2. The number of carbonyl (C=O) groups is 3. The van der Waals surface area contributed by atoms with E-state index in [4.69, 9.17) is 10.5 Å². The summed E-state index contributed by atoms with van der Waals surface area (Å²) in [7, 11) is 5.85. The van der Waals surface area contributed by atoms with Crippen LogP contribution in [0.4, 0.5) is 13.2 Å². The fraction of sp³-hybridized carbons (Fsp3) is 0.581. The molecule has 5 N–H and O–H groups in total. The Hall–Kier alpha value is -3.42. The second-order valence-electron chi connectivity index (χ2n) is 12.8. The maximum atomic E-state index is 14.8. The van der Waals surface area contributed by atoms with Gasteiger partial charge in [0.05, 0.1) is 17.2 Å². The smallest absolute Gasteiger partial charge is 0.417 e. The Morgan fingerprint density at radius 1 is 1.14 bits per heavy atom. The molecule has 0 heterocycles. The van der Waals surface area contributed by atoms with Crippen molar-refractivity contribution >= 4 is 23.2 Å². The van der Waals surface area contributed by atoms with Gasteiger partial charge in [-0.3, -0.25) is 19.3 Å². The van der Waals surface area contributed by atoms with Crippen molar-refractivity contribution < 1.29 is 47.6 Å². The predicted molar refractivity (Wildman–Crippen MR) is 152 cm³/mol. The molecule has 1 aromatic carbocycles. The molecule has 0 spiro atoms. The number of aliphatic hydroxyl groups is 2. The molecule has 4 aliphatic carbocycles. The molecule has 44 heavy (non-hydrogen) atoms. The normalized spacial score (nSPS) is 27.7. The molecule has 1 aromatic rings. The molecule has 13 heteroatoms. The van der Waals surface area contributed by atoms with Crippen molar-refractivity contribution in [3.63, 3.8) is 0 Å². The van der Waals surface area contributed by atoms with Crippen LogP contribution in [0.25, 0.3) is 5.76 Å². The number of phenols is 1. The minimum Gasteiger partial charge on any atom is -0.508 e. The van der Waals surface area contributed by atoms with Crippen LogP contribution in [-0.2, 0) is 38.3 Å². The number of aliphatic hydroxyl groups excluding tert-OH is 2. The third-order valence-electron chi connectivity index (χ3n) is 9.86. The molecular weight excluding hydrogens is 583 g/mol. The van der Waals surface area contributed by atoms with Crippen LogP contribution in [0.5, 0.6) is 5.75 Å². The van der Waals surface area contributed by atoms with Gasteiger partial charge in [-0.1, -0.05) is 12.8 Å². The third kappa shape index (κ3) is 4.80. The molecule has 4 aliphatic rings. The molecule has 0 aromatic heterocycles. The van der Waals surface area contributed by atoms with E-state index >= 15 is 0 Å². The van der Waals surface area contributed by atoms with Crippen LogP contribution in [0.1, 0.15) is 54.4 Å². The lowest BCUT2D eigenvalue weighted by atomic mass is 9.57. The van der Waals surface area contributed by atoms with Crippen LogP contribution in [0.15, 0.2) is 23.0 Å². The Morgan fingerprint density at radius 3 is 2.32 bits per heavy atom. The van der Waals surface area contributed by atoms with Crippen molar-refractivity contribution in [2.75, 3.05) is 34.8 Å². The van der Waals surface area contributed by atoms with Gasteiger partial charge in [0.15, 0.2) is 11.4 Å². The Balaban J connectivity index is 1.68. The summed E-state index contributed by atoms with van der Waals surface area (Å²) < 4.78 is 50.0. The molecule has 240 valence electrons. The lowest BCUT2D eigenvalue weighted by molar-refractivity contribution is -0.159. The van der Waals surface area contributed by atoms with Gasteiger partial charge in [0.1, 0.15) is 22.8 Å². The van der Waals surface area contributed by atoms with Crippen LogP contribution in [0.3, 0.4) is 0 Å². The average Bonchev–Trinajstić information content (AvgIpc) is 3.40. The summed E-state index contributed by atoms with van der Waals surface area (Å²) in [5.74, 6) is -7.42. The van der Waals surface area contributed by atoms with E-state index in [-0.39, 0.29) is 36.1 Å². The number of ether oxygens (including phenoxy) is 1. The molecule has 10 nitrogen and oxygen atoms in total. The minimum absolute atomic E-state index is 0.0890. The molecule has 0 bridgehead atoms. The molecule has 0 saturated heterocycles. The number of rotatable bonds is 7. The van der Waals surface area contributed by atoms with Gasteiger partial charge in [-0.05, 0) is 75.9 Å². The first-order chi connectivity index (χ1) is 20.6. The van der Waals surface area contributed by atoms with E-state index in [1.165, 1.54) is 19.0 Å². The summed E-state index contributed by atoms with van der Waals surface area (Å²) in [4.78, 5) is 43.1. The van der Waals surface area contributed by atoms with Crippen molar-refractivity contribution in [1.29, 1.82) is 0 Å². The quantitative estimate of drug-likeness (QED) is 0.336. The minimum atomic E-state index is -4.85. The van der Waals surface area contributed by atoms with E-state index in [9.17, 15) is 42.9 Å². The number of ketones is 2. The summed E-state index contributed by atoms with van der Waals surface area (Å²) in [6.07, 6.45) is -1.19. The molecule has 2 fully saturated rings. The fourth-order valence-corrected chi connectivity index (χ4v) is 8.17. The van der Waals surface area contributed by atoms with Crippen LogP contribution >= 0.6 is 0 Å². The molecule has 0 aliphatic heterocycles. The average molecular weight is 622 g/mol. The predicted octanol–water partition coefficient (Wildman–Crippen LogP) is 3.26. The Morgan fingerprint density at radius 2 is 1.77 bits per heavy atom. The summed E-state index contributed by atoms with van der Waals surface area (Å²) >= 11 is 0. The molecule has 4 atom stereocenters. The highest BCUT2D eigenvalue weighted by Crippen LogP contribution is 2.55. The number of halogens is 3. The number of aromatic hydroxyl groups is 1. The Labute approximate surface area is 252 Å². The SMILES string of the molecule is CO[C@]12C(=O)C3=C(O)c4c(O)cc(CN(C)CC5CCCC5)c(C(F)(F)F)c4C[C@H]3C[C@H]1[C@H](N(C)C)C(=O)C(C(N)=O)=C2O. The van der Waals surface area contributed by atoms with Crippen molar-refractivity contribution in [2.24, 2.45) is 23.5 Å². The number of fused-ring (bicyclic) bond motifs is 3. The topological polar surface area (TPSA) is 154 Å². The first-order valence-electron chi connectivity index (χ1n) is 14.7. The van der Waals surface area contributed by atoms with Crippen LogP contribution in [0.2, 0.25) is 0 Å².